The number of hydrogen-bond donors (Lipinski definition) is 0. The molecule has 0 saturated carbocycles. The molecule has 3 aromatic rings. The molecule has 1 radical (unpaired) electrons. The maximum Gasteiger partial charge on any atom is 0.179 e. The minimum absolute atomic E-state index is 0.700. The van der Waals surface area contributed by atoms with Crippen LogP contribution >= 0.6 is 0 Å². The van der Waals surface area contributed by atoms with Gasteiger partial charge in [-0.25, -0.2) is 5.11 Å². The first kappa shape index (κ1) is 14.4. The molecule has 0 fully saturated rings. The van der Waals surface area contributed by atoms with Crippen LogP contribution in [0.1, 0.15) is 16.7 Å². The number of methoxy groups -OCH3 is 1. The van der Waals surface area contributed by atoms with Crippen molar-refractivity contribution in [2.75, 3.05) is 7.11 Å². The predicted octanol–water partition coefficient (Wildman–Crippen LogP) is 4.42. The molecule has 0 aliphatic carbocycles. The van der Waals surface area contributed by atoms with Crippen molar-refractivity contribution in [3.8, 4) is 5.75 Å². The summed E-state index contributed by atoms with van der Waals surface area (Å²) >= 11 is 0. The predicted molar refractivity (Wildman–Crippen MR) is 86.4 cm³/mol. The van der Waals surface area contributed by atoms with Gasteiger partial charge < -0.3 is 4.74 Å². The third-order valence-corrected chi connectivity index (χ3v) is 3.86. The van der Waals surface area contributed by atoms with Gasteiger partial charge in [-0.2, -0.15) is 0 Å². The molecule has 0 aromatic heterocycles. The van der Waals surface area contributed by atoms with Crippen LogP contribution in [0.3, 0.4) is 0 Å². The number of benzene rings is 3. The van der Waals surface area contributed by atoms with Crippen molar-refractivity contribution < 1.29 is 9.84 Å². The van der Waals surface area contributed by atoms with Crippen LogP contribution in [0, 0.1) is 0 Å². The van der Waals surface area contributed by atoms with Gasteiger partial charge in [0, 0.05) is 0 Å². The average Bonchev–Trinajstić information content (AvgIpc) is 2.62. The maximum atomic E-state index is 13.9. The summed E-state index contributed by atoms with van der Waals surface area (Å²) in [5, 5.41) is 13.9. The van der Waals surface area contributed by atoms with Gasteiger partial charge in [0.2, 0.25) is 0 Å². The molecule has 3 rings (SSSR count). The normalized spacial score (nSPS) is 11.2. The van der Waals surface area contributed by atoms with Crippen molar-refractivity contribution in [2.45, 2.75) is 5.60 Å². The zero-order valence-electron chi connectivity index (χ0n) is 12.4. The number of ether oxygens (including phenoxy) is 1. The smallest absolute Gasteiger partial charge is 0.179 e. The van der Waals surface area contributed by atoms with Crippen LogP contribution in [0.2, 0.25) is 0 Å². The van der Waals surface area contributed by atoms with E-state index in [0.29, 0.717) is 5.56 Å². The molecule has 2 heteroatoms. The Balaban J connectivity index is 2.18. The maximum absolute atomic E-state index is 13.9. The van der Waals surface area contributed by atoms with Crippen LogP contribution in [-0.2, 0) is 10.7 Å². The molecule has 2 nitrogen and oxygen atoms in total. The molecule has 0 atom stereocenters. The van der Waals surface area contributed by atoms with Crippen molar-refractivity contribution in [1.82, 2.24) is 0 Å². The fraction of sp³-hybridized carbons (Fsp3) is 0.100. The van der Waals surface area contributed by atoms with Gasteiger partial charge in [0.05, 0.1) is 7.11 Å². The van der Waals surface area contributed by atoms with Gasteiger partial charge in [-0.15, -0.1) is 0 Å². The molecule has 0 unspecified atom stereocenters. The Labute approximate surface area is 130 Å². The molecular weight excluding hydrogens is 272 g/mol. The third kappa shape index (κ3) is 2.49. The first-order valence-corrected chi connectivity index (χ1v) is 7.21. The van der Waals surface area contributed by atoms with Crippen LogP contribution in [0.15, 0.2) is 84.9 Å². The van der Waals surface area contributed by atoms with Gasteiger partial charge >= 0.3 is 0 Å². The van der Waals surface area contributed by atoms with Crippen molar-refractivity contribution in [1.29, 1.82) is 0 Å². The Kier molecular flexibility index (Phi) is 3.94. The fourth-order valence-electron chi connectivity index (χ4n) is 2.67. The second kappa shape index (κ2) is 6.04. The van der Waals surface area contributed by atoms with Gasteiger partial charge in [0.1, 0.15) is 5.75 Å². The standard InChI is InChI=1S/C20H17O2/c1-22-19-14-12-18(13-15-19)20(21,16-8-4-2-5-9-16)17-10-6-3-7-11-17/h2-15H,1H3. The molecule has 0 aliphatic rings. The van der Waals surface area contributed by atoms with E-state index in [1.165, 1.54) is 0 Å². The molecule has 0 N–H and O–H groups in total. The van der Waals surface area contributed by atoms with Crippen LogP contribution in [0.5, 0.6) is 5.75 Å². The zero-order valence-corrected chi connectivity index (χ0v) is 12.4. The Hall–Kier alpha value is -2.58. The van der Waals surface area contributed by atoms with Gasteiger partial charge in [-0.1, -0.05) is 72.8 Å². The Bertz CT molecular complexity index is 679. The second-order valence-corrected chi connectivity index (χ2v) is 5.14. The summed E-state index contributed by atoms with van der Waals surface area (Å²) in [7, 11) is 1.62. The SMILES string of the molecule is COc1ccc(C([O])(c2ccccc2)c2ccccc2)cc1. The van der Waals surface area contributed by atoms with E-state index in [0.717, 1.165) is 16.9 Å². The highest BCUT2D eigenvalue weighted by molar-refractivity contribution is 5.47. The van der Waals surface area contributed by atoms with Crippen LogP contribution in [0.4, 0.5) is 0 Å². The summed E-state index contributed by atoms with van der Waals surface area (Å²) in [5.74, 6) is 0.743. The van der Waals surface area contributed by atoms with E-state index in [-0.39, 0.29) is 0 Å². The summed E-state index contributed by atoms with van der Waals surface area (Å²) in [6, 6.07) is 26.3. The van der Waals surface area contributed by atoms with Crippen molar-refractivity contribution in [3.63, 3.8) is 0 Å². The van der Waals surface area contributed by atoms with Crippen LogP contribution in [-0.4, -0.2) is 7.11 Å². The van der Waals surface area contributed by atoms with E-state index < -0.39 is 5.60 Å². The quantitative estimate of drug-likeness (QED) is 0.654. The van der Waals surface area contributed by atoms with E-state index >= 15 is 0 Å². The van der Waals surface area contributed by atoms with Crippen LogP contribution < -0.4 is 4.74 Å². The fourth-order valence-corrected chi connectivity index (χ4v) is 2.67. The Morgan fingerprint density at radius 2 is 1.05 bits per heavy atom. The molecule has 109 valence electrons. The Morgan fingerprint density at radius 3 is 1.45 bits per heavy atom. The molecule has 0 bridgehead atoms. The van der Waals surface area contributed by atoms with E-state index in [1.54, 1.807) is 7.11 Å². The molecule has 0 amide bonds. The summed E-state index contributed by atoms with van der Waals surface area (Å²) in [6.45, 7) is 0. The topological polar surface area (TPSA) is 29.1 Å². The molecule has 0 heterocycles. The minimum atomic E-state index is -1.44. The third-order valence-electron chi connectivity index (χ3n) is 3.86. The summed E-state index contributed by atoms with van der Waals surface area (Å²) < 4.78 is 5.19. The second-order valence-electron chi connectivity index (χ2n) is 5.14. The molecule has 22 heavy (non-hydrogen) atoms. The lowest BCUT2D eigenvalue weighted by Gasteiger charge is -2.27. The Morgan fingerprint density at radius 1 is 0.636 bits per heavy atom. The number of hydrogen-bond acceptors (Lipinski definition) is 1. The van der Waals surface area contributed by atoms with Gasteiger partial charge in [-0.05, 0) is 28.8 Å². The van der Waals surface area contributed by atoms with E-state index in [4.69, 9.17) is 4.74 Å². The lowest BCUT2D eigenvalue weighted by atomic mass is 9.80. The van der Waals surface area contributed by atoms with Gasteiger partial charge in [-0.3, -0.25) is 0 Å². The van der Waals surface area contributed by atoms with Crippen molar-refractivity contribution in [2.24, 2.45) is 0 Å². The highest BCUT2D eigenvalue weighted by Gasteiger charge is 2.35. The van der Waals surface area contributed by atoms with Crippen LogP contribution in [0.25, 0.3) is 0 Å². The zero-order chi connectivity index (χ0) is 15.4. The highest BCUT2D eigenvalue weighted by atomic mass is 16.5. The first-order valence-electron chi connectivity index (χ1n) is 7.21. The highest BCUT2D eigenvalue weighted by Crippen LogP contribution is 2.37. The summed E-state index contributed by atoms with van der Waals surface area (Å²) in [5.41, 5.74) is 0.720. The minimum Gasteiger partial charge on any atom is -0.497 e. The lowest BCUT2D eigenvalue weighted by Crippen LogP contribution is -2.27. The molecule has 3 aromatic carbocycles. The largest absolute Gasteiger partial charge is 0.497 e. The average molecular weight is 289 g/mol. The summed E-state index contributed by atoms with van der Waals surface area (Å²) in [6.07, 6.45) is 0. The number of rotatable bonds is 4. The monoisotopic (exact) mass is 289 g/mol. The lowest BCUT2D eigenvalue weighted by molar-refractivity contribution is 0.0410. The summed E-state index contributed by atoms with van der Waals surface area (Å²) in [4.78, 5) is 0. The van der Waals surface area contributed by atoms with Gasteiger partial charge in [0.25, 0.3) is 0 Å². The van der Waals surface area contributed by atoms with Crippen molar-refractivity contribution in [3.05, 3.63) is 102 Å². The van der Waals surface area contributed by atoms with E-state index in [9.17, 15) is 5.11 Å². The van der Waals surface area contributed by atoms with E-state index in [2.05, 4.69) is 0 Å². The van der Waals surface area contributed by atoms with Crippen molar-refractivity contribution >= 4 is 0 Å². The van der Waals surface area contributed by atoms with E-state index in [1.807, 2.05) is 84.9 Å². The molecular formula is C20H17O2. The van der Waals surface area contributed by atoms with Gasteiger partial charge in [0.15, 0.2) is 5.60 Å². The first-order chi connectivity index (χ1) is 10.7. The molecule has 0 aliphatic heterocycles. The molecule has 0 saturated heterocycles. The molecule has 0 spiro atoms.